The molecule has 3 rings (SSSR count). The van der Waals surface area contributed by atoms with Gasteiger partial charge in [0.2, 0.25) is 0 Å². The molecule has 0 amide bonds. The minimum absolute atomic E-state index is 0.0371. The zero-order valence-electron chi connectivity index (χ0n) is 12.0. The summed E-state index contributed by atoms with van der Waals surface area (Å²) in [6.45, 7) is 2.70. The maximum absolute atomic E-state index is 10.4. The van der Waals surface area contributed by atoms with Gasteiger partial charge in [-0.25, -0.2) is 4.98 Å². The number of hydrogen-bond donors (Lipinski definition) is 2. The predicted octanol–water partition coefficient (Wildman–Crippen LogP) is 3.50. The first-order chi connectivity index (χ1) is 10.1. The van der Waals surface area contributed by atoms with E-state index in [4.69, 9.17) is 11.6 Å². The van der Waals surface area contributed by atoms with Crippen LogP contribution in [-0.2, 0) is 19.4 Å². The first-order valence-electron chi connectivity index (χ1n) is 7.28. The van der Waals surface area contributed by atoms with E-state index in [0.717, 1.165) is 17.0 Å². The highest BCUT2D eigenvalue weighted by molar-refractivity contribution is 7.11. The third-order valence-electron chi connectivity index (χ3n) is 3.90. The van der Waals surface area contributed by atoms with E-state index in [9.17, 15) is 5.11 Å². The number of aromatic nitrogens is 1. The second-order valence-corrected chi connectivity index (χ2v) is 7.10. The van der Waals surface area contributed by atoms with Gasteiger partial charge in [-0.05, 0) is 43.9 Å². The fourth-order valence-corrected chi connectivity index (χ4v) is 3.86. The van der Waals surface area contributed by atoms with Gasteiger partial charge >= 0.3 is 0 Å². The van der Waals surface area contributed by atoms with E-state index in [-0.39, 0.29) is 6.04 Å². The second kappa shape index (κ2) is 6.44. The highest BCUT2D eigenvalue weighted by Crippen LogP contribution is 2.27. The Morgan fingerprint density at radius 2 is 2.10 bits per heavy atom. The number of rotatable bonds is 5. The molecule has 0 fully saturated rings. The smallest absolute Gasteiger partial charge is 0.107 e. The van der Waals surface area contributed by atoms with Crippen LogP contribution < -0.4 is 5.32 Å². The van der Waals surface area contributed by atoms with Crippen molar-refractivity contribution in [3.63, 3.8) is 0 Å². The van der Waals surface area contributed by atoms with Crippen LogP contribution in [0.1, 0.15) is 40.6 Å². The molecule has 0 bridgehead atoms. The number of aliphatic hydroxyl groups excluding tert-OH is 1. The van der Waals surface area contributed by atoms with Gasteiger partial charge in [-0.15, -0.1) is 11.3 Å². The molecule has 112 valence electrons. The van der Waals surface area contributed by atoms with E-state index in [1.807, 2.05) is 19.1 Å². The number of aryl methyl sites for hydroxylation is 2. The van der Waals surface area contributed by atoms with Gasteiger partial charge in [0.15, 0.2) is 0 Å². The van der Waals surface area contributed by atoms with Crippen molar-refractivity contribution in [1.82, 2.24) is 10.3 Å². The summed E-state index contributed by atoms with van der Waals surface area (Å²) in [6.07, 6.45) is 2.99. The van der Waals surface area contributed by atoms with Crippen molar-refractivity contribution in [2.75, 3.05) is 0 Å². The van der Waals surface area contributed by atoms with E-state index >= 15 is 0 Å². The Kier molecular flexibility index (Phi) is 4.60. The van der Waals surface area contributed by atoms with Crippen molar-refractivity contribution in [1.29, 1.82) is 0 Å². The Morgan fingerprint density at radius 1 is 1.33 bits per heavy atom. The fraction of sp³-hybridized carbons (Fsp3) is 0.438. The lowest BCUT2D eigenvalue weighted by Gasteiger charge is -2.20. The molecule has 1 aromatic heterocycles. The highest BCUT2D eigenvalue weighted by Gasteiger charge is 2.19. The number of fused-ring (bicyclic) bond motifs is 1. The van der Waals surface area contributed by atoms with Gasteiger partial charge < -0.3 is 10.4 Å². The molecular formula is C16H19ClN2OS. The van der Waals surface area contributed by atoms with Crippen LogP contribution >= 0.6 is 22.9 Å². The molecular weight excluding hydrogens is 304 g/mol. The van der Waals surface area contributed by atoms with Crippen LogP contribution in [0.2, 0.25) is 5.02 Å². The average molecular weight is 323 g/mol. The molecule has 21 heavy (non-hydrogen) atoms. The van der Waals surface area contributed by atoms with E-state index in [2.05, 4.69) is 10.3 Å². The fourth-order valence-electron chi connectivity index (χ4n) is 2.63. The van der Waals surface area contributed by atoms with Crippen LogP contribution in [-0.4, -0.2) is 16.1 Å². The minimum Gasteiger partial charge on any atom is -0.387 e. The van der Waals surface area contributed by atoms with E-state index in [0.29, 0.717) is 11.6 Å². The standard InChI is InChI=1S/C16H19ClN2OS/c1-10(16(20)11-5-7-12(17)8-6-11)18-9-15-19-13-3-2-4-14(13)21-15/h5-8,10,16,18,20H,2-4,9H2,1H3. The molecule has 2 atom stereocenters. The zero-order valence-corrected chi connectivity index (χ0v) is 13.5. The van der Waals surface area contributed by atoms with Crippen LogP contribution in [0, 0.1) is 0 Å². The third-order valence-corrected chi connectivity index (χ3v) is 5.31. The summed E-state index contributed by atoms with van der Waals surface area (Å²) in [7, 11) is 0. The van der Waals surface area contributed by atoms with Crippen molar-refractivity contribution >= 4 is 22.9 Å². The largest absolute Gasteiger partial charge is 0.387 e. The minimum atomic E-state index is -0.547. The quantitative estimate of drug-likeness (QED) is 0.885. The van der Waals surface area contributed by atoms with Crippen LogP contribution in [0.25, 0.3) is 0 Å². The molecule has 3 nitrogen and oxygen atoms in total. The lowest BCUT2D eigenvalue weighted by molar-refractivity contribution is 0.135. The molecule has 2 unspecified atom stereocenters. The van der Waals surface area contributed by atoms with Gasteiger partial charge in [-0.3, -0.25) is 0 Å². The topological polar surface area (TPSA) is 45.2 Å². The van der Waals surface area contributed by atoms with Gasteiger partial charge in [0.05, 0.1) is 11.8 Å². The summed E-state index contributed by atoms with van der Waals surface area (Å²) in [5.74, 6) is 0. The Labute approximate surface area is 134 Å². The van der Waals surface area contributed by atoms with Crippen LogP contribution in [0.5, 0.6) is 0 Å². The summed E-state index contributed by atoms with van der Waals surface area (Å²) in [5.41, 5.74) is 2.16. The molecule has 2 aromatic rings. The summed E-state index contributed by atoms with van der Waals surface area (Å²) in [4.78, 5) is 6.11. The maximum atomic E-state index is 10.4. The first-order valence-corrected chi connectivity index (χ1v) is 8.47. The number of benzene rings is 1. The maximum Gasteiger partial charge on any atom is 0.107 e. The first kappa shape index (κ1) is 15.0. The van der Waals surface area contributed by atoms with Crippen molar-refractivity contribution in [3.8, 4) is 0 Å². The van der Waals surface area contributed by atoms with Crippen LogP contribution in [0.4, 0.5) is 0 Å². The van der Waals surface area contributed by atoms with Gasteiger partial charge in [-0.2, -0.15) is 0 Å². The molecule has 0 saturated carbocycles. The number of halogens is 1. The summed E-state index contributed by atoms with van der Waals surface area (Å²) in [6, 6.07) is 7.30. The van der Waals surface area contributed by atoms with E-state index in [1.54, 1.807) is 23.5 Å². The lowest BCUT2D eigenvalue weighted by atomic mass is 10.0. The van der Waals surface area contributed by atoms with Crippen molar-refractivity contribution in [2.24, 2.45) is 0 Å². The Hall–Kier alpha value is -0.940. The van der Waals surface area contributed by atoms with Gasteiger partial charge in [0, 0.05) is 22.5 Å². The summed E-state index contributed by atoms with van der Waals surface area (Å²) in [5, 5.41) is 15.5. The van der Waals surface area contributed by atoms with Gasteiger partial charge in [0.1, 0.15) is 5.01 Å². The number of aliphatic hydroxyl groups is 1. The van der Waals surface area contributed by atoms with Crippen LogP contribution in [0.3, 0.4) is 0 Å². The van der Waals surface area contributed by atoms with Crippen LogP contribution in [0.15, 0.2) is 24.3 Å². The van der Waals surface area contributed by atoms with Gasteiger partial charge in [0.25, 0.3) is 0 Å². The number of nitrogens with one attached hydrogen (secondary N) is 1. The molecule has 5 heteroatoms. The predicted molar refractivity (Wildman–Crippen MR) is 86.9 cm³/mol. The van der Waals surface area contributed by atoms with E-state index in [1.165, 1.54) is 23.4 Å². The molecule has 2 N–H and O–H groups in total. The molecule has 0 aliphatic heterocycles. The number of hydrogen-bond acceptors (Lipinski definition) is 4. The summed E-state index contributed by atoms with van der Waals surface area (Å²) >= 11 is 7.67. The lowest BCUT2D eigenvalue weighted by Crippen LogP contribution is -2.31. The third kappa shape index (κ3) is 3.46. The SMILES string of the molecule is CC(NCc1nc2c(s1)CCC2)C(O)c1ccc(Cl)cc1. The number of thiazole rings is 1. The van der Waals surface area contributed by atoms with Crippen molar-refractivity contribution < 1.29 is 5.11 Å². The van der Waals surface area contributed by atoms with Crippen molar-refractivity contribution in [3.05, 3.63) is 50.4 Å². The molecule has 1 aliphatic carbocycles. The monoisotopic (exact) mass is 322 g/mol. The Balaban J connectivity index is 1.57. The Bertz CT molecular complexity index is 590. The van der Waals surface area contributed by atoms with Gasteiger partial charge in [-0.1, -0.05) is 23.7 Å². The second-order valence-electron chi connectivity index (χ2n) is 5.50. The molecule has 0 spiro atoms. The van der Waals surface area contributed by atoms with Crippen molar-refractivity contribution in [2.45, 2.75) is 44.9 Å². The molecule has 1 heterocycles. The Morgan fingerprint density at radius 3 is 2.81 bits per heavy atom. The molecule has 1 aliphatic rings. The highest BCUT2D eigenvalue weighted by atomic mass is 35.5. The molecule has 0 saturated heterocycles. The normalized spacial score (nSPS) is 16.7. The van der Waals surface area contributed by atoms with E-state index < -0.39 is 6.10 Å². The number of nitrogens with zero attached hydrogens (tertiary/aromatic N) is 1. The summed E-state index contributed by atoms with van der Waals surface area (Å²) < 4.78 is 0. The molecule has 0 radical (unpaired) electrons. The molecule has 1 aromatic carbocycles. The average Bonchev–Trinajstić information content (AvgIpc) is 3.06. The zero-order chi connectivity index (χ0) is 14.8.